The summed E-state index contributed by atoms with van der Waals surface area (Å²) >= 11 is 0. The lowest BCUT2D eigenvalue weighted by Gasteiger charge is -2.37. The van der Waals surface area contributed by atoms with Gasteiger partial charge in [-0.15, -0.1) is 0 Å². The lowest BCUT2D eigenvalue weighted by atomic mass is 9.85. The Bertz CT molecular complexity index is 1030. The standard InChI is InChI=1S/C28H34N2O2/c1-20-6-10-23(11-7-20)25-19-28(32-29-25)14-16-30(17-15-28)26(31)21(2)18-22-8-12-24(13-9-22)27(3,4)5/h6-13,18H,14-17,19H2,1-5H3. The molecule has 2 aliphatic rings. The molecule has 0 aromatic heterocycles. The van der Waals surface area contributed by atoms with Gasteiger partial charge in [-0.25, -0.2) is 0 Å². The maximum atomic E-state index is 13.0. The average molecular weight is 431 g/mol. The van der Waals surface area contributed by atoms with Crippen molar-refractivity contribution in [2.75, 3.05) is 13.1 Å². The van der Waals surface area contributed by atoms with Crippen LogP contribution in [-0.2, 0) is 15.0 Å². The number of carbonyl (C=O) groups excluding carboxylic acids is 1. The van der Waals surface area contributed by atoms with E-state index >= 15 is 0 Å². The maximum Gasteiger partial charge on any atom is 0.249 e. The van der Waals surface area contributed by atoms with Crippen molar-refractivity contribution in [2.45, 2.75) is 64.9 Å². The molecule has 0 saturated carbocycles. The second kappa shape index (κ2) is 8.57. The highest BCUT2D eigenvalue weighted by Crippen LogP contribution is 2.36. The zero-order valence-electron chi connectivity index (χ0n) is 19.9. The monoisotopic (exact) mass is 430 g/mol. The summed E-state index contributed by atoms with van der Waals surface area (Å²) in [6.45, 7) is 12.0. The van der Waals surface area contributed by atoms with Crippen LogP contribution in [0.4, 0.5) is 0 Å². The minimum atomic E-state index is -0.266. The van der Waals surface area contributed by atoms with Crippen molar-refractivity contribution in [1.29, 1.82) is 0 Å². The van der Waals surface area contributed by atoms with Gasteiger partial charge in [0.2, 0.25) is 5.91 Å². The van der Waals surface area contributed by atoms with Crippen LogP contribution < -0.4 is 0 Å². The molecule has 0 N–H and O–H groups in total. The molecule has 0 bridgehead atoms. The summed E-state index contributed by atoms with van der Waals surface area (Å²) in [5.41, 5.74) is 6.37. The van der Waals surface area contributed by atoms with Crippen molar-refractivity contribution in [3.05, 3.63) is 76.4 Å². The number of aryl methyl sites for hydroxylation is 1. The Balaban J connectivity index is 1.35. The van der Waals surface area contributed by atoms with Gasteiger partial charge in [0.25, 0.3) is 0 Å². The molecule has 0 aliphatic carbocycles. The Hall–Kier alpha value is -2.88. The van der Waals surface area contributed by atoms with Crippen molar-refractivity contribution < 1.29 is 9.63 Å². The van der Waals surface area contributed by atoms with Gasteiger partial charge >= 0.3 is 0 Å². The molecule has 1 spiro atoms. The van der Waals surface area contributed by atoms with Crippen LogP contribution in [0.25, 0.3) is 6.08 Å². The number of amides is 1. The first-order valence-corrected chi connectivity index (χ1v) is 11.6. The molecule has 0 radical (unpaired) electrons. The fourth-order valence-corrected chi connectivity index (χ4v) is 4.45. The molecular weight excluding hydrogens is 396 g/mol. The number of likely N-dealkylation sites (tertiary alicyclic amines) is 1. The van der Waals surface area contributed by atoms with E-state index in [0.29, 0.717) is 13.1 Å². The van der Waals surface area contributed by atoms with Crippen LogP contribution in [0.1, 0.15) is 69.2 Å². The predicted molar refractivity (Wildman–Crippen MR) is 131 cm³/mol. The maximum absolute atomic E-state index is 13.0. The third kappa shape index (κ3) is 4.79. The molecular formula is C28H34N2O2. The van der Waals surface area contributed by atoms with Gasteiger partial charge in [0.15, 0.2) is 0 Å². The molecule has 0 atom stereocenters. The number of carbonyl (C=O) groups is 1. The smallest absolute Gasteiger partial charge is 0.249 e. The molecule has 1 fully saturated rings. The fraction of sp³-hybridized carbons (Fsp3) is 0.429. The highest BCUT2D eigenvalue weighted by atomic mass is 16.7. The van der Waals surface area contributed by atoms with Gasteiger partial charge < -0.3 is 9.74 Å². The van der Waals surface area contributed by atoms with Crippen LogP contribution in [0.2, 0.25) is 0 Å². The third-order valence-corrected chi connectivity index (χ3v) is 6.68. The van der Waals surface area contributed by atoms with Gasteiger partial charge in [-0.1, -0.05) is 80.0 Å². The minimum absolute atomic E-state index is 0.109. The molecule has 2 aromatic rings. The summed E-state index contributed by atoms with van der Waals surface area (Å²) in [6.07, 6.45) is 4.42. The van der Waals surface area contributed by atoms with E-state index in [9.17, 15) is 4.79 Å². The van der Waals surface area contributed by atoms with Crippen LogP contribution in [-0.4, -0.2) is 35.2 Å². The van der Waals surface area contributed by atoms with Crippen molar-refractivity contribution in [3.63, 3.8) is 0 Å². The number of hydrogen-bond donors (Lipinski definition) is 0. The molecule has 1 amide bonds. The van der Waals surface area contributed by atoms with Crippen molar-refractivity contribution in [1.82, 2.24) is 4.90 Å². The van der Waals surface area contributed by atoms with E-state index in [1.54, 1.807) is 0 Å². The van der Waals surface area contributed by atoms with E-state index in [2.05, 4.69) is 81.4 Å². The van der Waals surface area contributed by atoms with Crippen LogP contribution in [0, 0.1) is 6.92 Å². The summed E-state index contributed by atoms with van der Waals surface area (Å²) in [5, 5.41) is 4.40. The van der Waals surface area contributed by atoms with Crippen LogP contribution >= 0.6 is 0 Å². The zero-order chi connectivity index (χ0) is 22.9. The molecule has 1 saturated heterocycles. The van der Waals surface area contributed by atoms with E-state index < -0.39 is 0 Å². The first kappa shape index (κ1) is 22.3. The number of benzene rings is 2. The fourth-order valence-electron chi connectivity index (χ4n) is 4.45. The van der Waals surface area contributed by atoms with E-state index in [1.165, 1.54) is 11.1 Å². The van der Waals surface area contributed by atoms with Gasteiger partial charge in [-0.05, 0) is 42.0 Å². The first-order valence-electron chi connectivity index (χ1n) is 11.6. The molecule has 2 heterocycles. The number of oxime groups is 1. The van der Waals surface area contributed by atoms with Crippen molar-refractivity contribution in [2.24, 2.45) is 5.16 Å². The van der Waals surface area contributed by atoms with Crippen molar-refractivity contribution in [3.8, 4) is 0 Å². The average Bonchev–Trinajstić information content (AvgIpc) is 3.17. The van der Waals surface area contributed by atoms with Gasteiger partial charge in [0.05, 0.1) is 5.71 Å². The molecule has 4 heteroatoms. The zero-order valence-corrected chi connectivity index (χ0v) is 19.9. The highest BCUT2D eigenvalue weighted by molar-refractivity contribution is 6.01. The summed E-state index contributed by atoms with van der Waals surface area (Å²) in [5.74, 6) is 0.109. The van der Waals surface area contributed by atoms with Crippen molar-refractivity contribution >= 4 is 17.7 Å². The Morgan fingerprint density at radius 3 is 2.25 bits per heavy atom. The molecule has 32 heavy (non-hydrogen) atoms. The highest BCUT2D eigenvalue weighted by Gasteiger charge is 2.43. The number of piperidine rings is 1. The Labute approximate surface area is 192 Å². The van der Waals surface area contributed by atoms with E-state index in [1.807, 2.05) is 17.9 Å². The van der Waals surface area contributed by atoms with Gasteiger partial charge in [-0.2, -0.15) is 0 Å². The summed E-state index contributed by atoms with van der Waals surface area (Å²) in [6, 6.07) is 16.9. The summed E-state index contributed by atoms with van der Waals surface area (Å²) in [7, 11) is 0. The van der Waals surface area contributed by atoms with Gasteiger partial charge in [-0.3, -0.25) is 4.79 Å². The Morgan fingerprint density at radius 2 is 1.66 bits per heavy atom. The topological polar surface area (TPSA) is 41.9 Å². The summed E-state index contributed by atoms with van der Waals surface area (Å²) < 4.78 is 0. The summed E-state index contributed by atoms with van der Waals surface area (Å²) in [4.78, 5) is 20.9. The Kier molecular flexibility index (Phi) is 5.98. The molecule has 4 nitrogen and oxygen atoms in total. The number of hydrogen-bond acceptors (Lipinski definition) is 3. The first-order chi connectivity index (χ1) is 15.2. The SMILES string of the molecule is CC(=Cc1ccc(C(C)(C)C)cc1)C(=O)N1CCC2(CC1)CC(c1ccc(C)cc1)=NO2. The van der Waals surface area contributed by atoms with E-state index in [-0.39, 0.29) is 16.9 Å². The van der Waals surface area contributed by atoms with Gasteiger partial charge in [0, 0.05) is 37.9 Å². The molecule has 168 valence electrons. The number of nitrogens with zero attached hydrogens (tertiary/aromatic N) is 2. The minimum Gasteiger partial charge on any atom is -0.388 e. The largest absolute Gasteiger partial charge is 0.388 e. The number of rotatable bonds is 3. The molecule has 2 aromatic carbocycles. The molecule has 0 unspecified atom stereocenters. The second-order valence-electron chi connectivity index (χ2n) is 10.3. The lowest BCUT2D eigenvalue weighted by Crippen LogP contribution is -2.47. The second-order valence-corrected chi connectivity index (χ2v) is 10.3. The molecule has 2 aliphatic heterocycles. The third-order valence-electron chi connectivity index (χ3n) is 6.68. The van der Waals surface area contributed by atoms with Crippen LogP contribution in [0.3, 0.4) is 0 Å². The lowest BCUT2D eigenvalue weighted by molar-refractivity contribution is -0.132. The molecule has 4 rings (SSSR count). The Morgan fingerprint density at radius 1 is 1.03 bits per heavy atom. The van der Waals surface area contributed by atoms with Crippen LogP contribution in [0.5, 0.6) is 0 Å². The quantitative estimate of drug-likeness (QED) is 0.571. The van der Waals surface area contributed by atoms with Crippen LogP contribution in [0.15, 0.2) is 59.3 Å². The normalized spacial score (nSPS) is 18.5. The van der Waals surface area contributed by atoms with E-state index in [4.69, 9.17) is 4.84 Å². The van der Waals surface area contributed by atoms with E-state index in [0.717, 1.165) is 41.7 Å². The van der Waals surface area contributed by atoms with Gasteiger partial charge in [0.1, 0.15) is 5.60 Å². The predicted octanol–water partition coefficient (Wildman–Crippen LogP) is 5.88.